The van der Waals surface area contributed by atoms with E-state index in [9.17, 15) is 0 Å². The van der Waals surface area contributed by atoms with Gasteiger partial charge in [-0.3, -0.25) is 0 Å². The van der Waals surface area contributed by atoms with Crippen molar-refractivity contribution >= 4 is 0 Å². The molecule has 1 saturated heterocycles. The van der Waals surface area contributed by atoms with Gasteiger partial charge in [0.25, 0.3) is 0 Å². The van der Waals surface area contributed by atoms with Crippen LogP contribution < -0.4 is 5.32 Å². The smallest absolute Gasteiger partial charge is 0.0469 e. The molecule has 1 heterocycles. The van der Waals surface area contributed by atoms with Crippen LogP contribution in [0.2, 0.25) is 0 Å². The Morgan fingerprint density at radius 2 is 1.84 bits per heavy atom. The Hall–Kier alpha value is -0.120. The first-order valence-corrected chi connectivity index (χ1v) is 8.07. The van der Waals surface area contributed by atoms with Gasteiger partial charge in [-0.15, -0.1) is 0 Å². The van der Waals surface area contributed by atoms with Gasteiger partial charge in [-0.05, 0) is 57.5 Å². The normalized spacial score (nSPS) is 37.7. The zero-order valence-electron chi connectivity index (χ0n) is 13.2. The third kappa shape index (κ3) is 3.93. The first-order valence-electron chi connectivity index (χ1n) is 8.07. The molecule has 1 aliphatic carbocycles. The van der Waals surface area contributed by atoms with Crippen LogP contribution in [0.1, 0.15) is 39.5 Å². The monoisotopic (exact) mass is 268 g/mol. The minimum absolute atomic E-state index is 0.656. The van der Waals surface area contributed by atoms with Crippen molar-refractivity contribution in [3.63, 3.8) is 0 Å². The topological polar surface area (TPSA) is 24.5 Å². The highest BCUT2D eigenvalue weighted by atomic mass is 16.5. The van der Waals surface area contributed by atoms with E-state index in [-0.39, 0.29) is 0 Å². The van der Waals surface area contributed by atoms with Crippen molar-refractivity contribution in [3.05, 3.63) is 0 Å². The molecule has 0 spiro atoms. The molecule has 0 amide bonds. The number of rotatable bonds is 4. The molecule has 2 fully saturated rings. The fourth-order valence-corrected chi connectivity index (χ4v) is 4.33. The molecule has 4 unspecified atom stereocenters. The van der Waals surface area contributed by atoms with Gasteiger partial charge in [0, 0.05) is 31.8 Å². The average molecular weight is 268 g/mol. The summed E-state index contributed by atoms with van der Waals surface area (Å²) < 4.78 is 5.47. The molecule has 2 aliphatic rings. The van der Waals surface area contributed by atoms with Crippen LogP contribution in [0.4, 0.5) is 0 Å². The molecule has 3 heteroatoms. The van der Waals surface area contributed by atoms with E-state index in [1.165, 1.54) is 32.2 Å². The number of nitrogens with zero attached hydrogens (tertiary/aromatic N) is 1. The minimum Gasteiger partial charge on any atom is -0.381 e. The lowest BCUT2D eigenvalue weighted by atomic mass is 9.75. The number of likely N-dealkylation sites (N-methyl/N-ethyl adjacent to an activating group) is 2. The summed E-state index contributed by atoms with van der Waals surface area (Å²) in [6.07, 6.45) is 5.18. The Morgan fingerprint density at radius 3 is 2.47 bits per heavy atom. The molecule has 0 bridgehead atoms. The molecule has 1 N–H and O–H groups in total. The quantitative estimate of drug-likeness (QED) is 0.847. The SMILES string of the molecule is CNC1CC(C)CC(C)C1N(C)CC1CCOCC1. The molecule has 112 valence electrons. The highest BCUT2D eigenvalue weighted by molar-refractivity contribution is 4.93. The zero-order valence-corrected chi connectivity index (χ0v) is 13.2. The van der Waals surface area contributed by atoms with Crippen LogP contribution in [0.15, 0.2) is 0 Å². The van der Waals surface area contributed by atoms with E-state index in [1.54, 1.807) is 0 Å². The number of hydrogen-bond acceptors (Lipinski definition) is 3. The highest BCUT2D eigenvalue weighted by Crippen LogP contribution is 2.32. The second-order valence-corrected chi connectivity index (χ2v) is 6.93. The van der Waals surface area contributed by atoms with Crippen LogP contribution in [-0.2, 0) is 4.74 Å². The maximum Gasteiger partial charge on any atom is 0.0469 e. The molecule has 4 atom stereocenters. The Labute approximate surface area is 119 Å². The second kappa shape index (κ2) is 7.05. The number of ether oxygens (including phenoxy) is 1. The summed E-state index contributed by atoms with van der Waals surface area (Å²) in [4.78, 5) is 2.63. The Kier molecular flexibility index (Phi) is 5.67. The van der Waals surface area contributed by atoms with Crippen molar-refractivity contribution in [1.29, 1.82) is 0 Å². The molecule has 1 saturated carbocycles. The van der Waals surface area contributed by atoms with Crippen molar-refractivity contribution < 1.29 is 4.74 Å². The summed E-state index contributed by atoms with van der Waals surface area (Å²) >= 11 is 0. The predicted octanol–water partition coefficient (Wildman–Crippen LogP) is 2.37. The van der Waals surface area contributed by atoms with Crippen LogP contribution in [-0.4, -0.2) is 50.8 Å². The predicted molar refractivity (Wildman–Crippen MR) is 80.4 cm³/mol. The molecule has 0 aromatic rings. The molecule has 3 nitrogen and oxygen atoms in total. The van der Waals surface area contributed by atoms with Crippen molar-refractivity contribution in [1.82, 2.24) is 10.2 Å². The average Bonchev–Trinajstić information content (AvgIpc) is 2.38. The van der Waals surface area contributed by atoms with Crippen LogP contribution in [0.3, 0.4) is 0 Å². The fraction of sp³-hybridized carbons (Fsp3) is 1.00. The maximum absolute atomic E-state index is 5.47. The van der Waals surface area contributed by atoms with Crippen molar-refractivity contribution in [2.24, 2.45) is 17.8 Å². The van der Waals surface area contributed by atoms with E-state index in [2.05, 4.69) is 38.2 Å². The van der Waals surface area contributed by atoms with E-state index < -0.39 is 0 Å². The van der Waals surface area contributed by atoms with Crippen molar-refractivity contribution in [2.75, 3.05) is 33.9 Å². The standard InChI is InChI=1S/C16H32N2O/c1-12-9-13(2)16(15(10-12)17-3)18(4)11-14-5-7-19-8-6-14/h12-17H,5-11H2,1-4H3. The molecule has 0 aromatic heterocycles. The summed E-state index contributed by atoms with van der Waals surface area (Å²) in [5, 5.41) is 3.57. The van der Waals surface area contributed by atoms with Gasteiger partial charge in [-0.1, -0.05) is 13.8 Å². The summed E-state index contributed by atoms with van der Waals surface area (Å²) in [6.45, 7) is 8.00. The van der Waals surface area contributed by atoms with Gasteiger partial charge in [-0.2, -0.15) is 0 Å². The number of nitrogens with one attached hydrogen (secondary N) is 1. The molecular weight excluding hydrogens is 236 g/mol. The van der Waals surface area contributed by atoms with E-state index in [1.807, 2.05) is 0 Å². The first kappa shape index (κ1) is 15.3. The Balaban J connectivity index is 1.92. The van der Waals surface area contributed by atoms with Gasteiger partial charge in [-0.25, -0.2) is 0 Å². The zero-order chi connectivity index (χ0) is 13.8. The Bertz CT molecular complexity index is 265. The van der Waals surface area contributed by atoms with E-state index in [0.29, 0.717) is 12.1 Å². The fourth-order valence-electron chi connectivity index (χ4n) is 4.33. The van der Waals surface area contributed by atoms with Crippen LogP contribution in [0.25, 0.3) is 0 Å². The van der Waals surface area contributed by atoms with Gasteiger partial charge >= 0.3 is 0 Å². The van der Waals surface area contributed by atoms with Gasteiger partial charge in [0.1, 0.15) is 0 Å². The maximum atomic E-state index is 5.47. The summed E-state index contributed by atoms with van der Waals surface area (Å²) in [6, 6.07) is 1.35. The van der Waals surface area contributed by atoms with E-state index in [4.69, 9.17) is 4.74 Å². The highest BCUT2D eigenvalue weighted by Gasteiger charge is 2.36. The number of hydrogen-bond donors (Lipinski definition) is 1. The summed E-state index contributed by atoms with van der Waals surface area (Å²) in [5.74, 6) is 2.49. The van der Waals surface area contributed by atoms with Crippen LogP contribution in [0, 0.1) is 17.8 Å². The Morgan fingerprint density at radius 1 is 1.16 bits per heavy atom. The van der Waals surface area contributed by atoms with Crippen molar-refractivity contribution in [3.8, 4) is 0 Å². The third-order valence-corrected chi connectivity index (χ3v) is 5.19. The lowest BCUT2D eigenvalue weighted by Gasteiger charge is -2.45. The van der Waals surface area contributed by atoms with E-state index >= 15 is 0 Å². The van der Waals surface area contributed by atoms with Gasteiger partial charge in [0.2, 0.25) is 0 Å². The lowest BCUT2D eigenvalue weighted by molar-refractivity contribution is 0.0291. The second-order valence-electron chi connectivity index (χ2n) is 6.93. The third-order valence-electron chi connectivity index (χ3n) is 5.19. The van der Waals surface area contributed by atoms with Crippen LogP contribution >= 0.6 is 0 Å². The molecule has 1 aliphatic heterocycles. The molecule has 0 aromatic carbocycles. The van der Waals surface area contributed by atoms with Crippen LogP contribution in [0.5, 0.6) is 0 Å². The first-order chi connectivity index (χ1) is 9.11. The molecule has 2 rings (SSSR count). The molecule has 0 radical (unpaired) electrons. The minimum atomic E-state index is 0.656. The van der Waals surface area contributed by atoms with E-state index in [0.717, 1.165) is 31.0 Å². The van der Waals surface area contributed by atoms with Gasteiger partial charge in [0.15, 0.2) is 0 Å². The van der Waals surface area contributed by atoms with Gasteiger partial charge in [0.05, 0.1) is 0 Å². The molecular formula is C16H32N2O. The molecule has 19 heavy (non-hydrogen) atoms. The lowest BCUT2D eigenvalue weighted by Crippen LogP contribution is -2.55. The largest absolute Gasteiger partial charge is 0.381 e. The van der Waals surface area contributed by atoms with Crippen molar-refractivity contribution in [2.45, 2.75) is 51.6 Å². The summed E-state index contributed by atoms with van der Waals surface area (Å²) in [7, 11) is 4.46. The van der Waals surface area contributed by atoms with Gasteiger partial charge < -0.3 is 15.0 Å². The summed E-state index contributed by atoms with van der Waals surface area (Å²) in [5.41, 5.74) is 0.